The molecule has 0 spiro atoms. The van der Waals surface area contributed by atoms with Gasteiger partial charge in [-0.2, -0.15) is 0 Å². The average Bonchev–Trinajstić information content (AvgIpc) is 3.39. The first kappa shape index (κ1) is 77.7. The highest BCUT2D eigenvalue weighted by molar-refractivity contribution is 7.96. The van der Waals surface area contributed by atoms with E-state index in [1.165, 1.54) is 199 Å². The number of hydrogen-bond donors (Lipinski definition) is 4. The first-order valence-corrected chi connectivity index (χ1v) is 33.9. The summed E-state index contributed by atoms with van der Waals surface area (Å²) in [6, 6.07) is 0. The number of carboxylic acids is 2. The minimum atomic E-state index is -0.678. The van der Waals surface area contributed by atoms with E-state index in [-0.39, 0.29) is 24.5 Å². The van der Waals surface area contributed by atoms with Gasteiger partial charge in [0, 0.05) is 25.9 Å². The van der Waals surface area contributed by atoms with E-state index in [9.17, 15) is 24.6 Å². The predicted octanol–water partition coefficient (Wildman–Crippen LogP) is 19.1. The lowest BCUT2D eigenvalue weighted by Gasteiger charge is -2.28. The molecule has 12 heteroatoms. The van der Waals surface area contributed by atoms with Gasteiger partial charge in [-0.15, -0.1) is 0 Å². The van der Waals surface area contributed by atoms with Gasteiger partial charge in [-0.05, 0) is 91.1 Å². The van der Waals surface area contributed by atoms with Gasteiger partial charge in [-0.3, -0.25) is 14.4 Å². The van der Waals surface area contributed by atoms with Crippen molar-refractivity contribution >= 4 is 37.1 Å². The Morgan fingerprint density at radius 1 is 0.520 bits per heavy atom. The van der Waals surface area contributed by atoms with Gasteiger partial charge in [0.2, 0.25) is 0 Å². The number of aliphatic carboxylic acids is 2. The summed E-state index contributed by atoms with van der Waals surface area (Å²) >= 11 is 4.37. The van der Waals surface area contributed by atoms with Crippen molar-refractivity contribution in [1.29, 1.82) is 0 Å². The Hall–Kier alpha value is -1.49. The van der Waals surface area contributed by atoms with Crippen LogP contribution in [0.15, 0.2) is 12.7 Å². The van der Waals surface area contributed by atoms with Gasteiger partial charge in [0.05, 0.1) is 18.3 Å². The van der Waals surface area contributed by atoms with Crippen LogP contribution >= 0.6 is 7.36 Å². The lowest BCUT2D eigenvalue weighted by atomic mass is 10.0. The Balaban J connectivity index is -0.00000102. The molecule has 446 valence electrons. The van der Waals surface area contributed by atoms with Crippen LogP contribution in [-0.4, -0.2) is 82.8 Å². The zero-order valence-electron chi connectivity index (χ0n) is 49.5. The fraction of sp³-hybridized carbons (Fsp3) is 0.921. The summed E-state index contributed by atoms with van der Waals surface area (Å²) in [5.74, 6) is -1.45. The van der Waals surface area contributed by atoms with Crippen LogP contribution in [-0.2, 0) is 40.4 Å². The maximum Gasteiger partial charge on any atom is 0.306 e. The second-order valence-corrected chi connectivity index (χ2v) is 22.9. The van der Waals surface area contributed by atoms with Crippen LogP contribution < -0.4 is 0 Å². The molecule has 0 aromatic carbocycles. The maximum atomic E-state index is 11.3. The minimum absolute atomic E-state index is 0.0423. The smallest absolute Gasteiger partial charge is 0.306 e. The molecule has 1 fully saturated rings. The van der Waals surface area contributed by atoms with Crippen LogP contribution in [0.2, 0.25) is 0 Å². The van der Waals surface area contributed by atoms with E-state index in [0.717, 1.165) is 104 Å². The van der Waals surface area contributed by atoms with Crippen LogP contribution in [0.1, 0.15) is 329 Å². The van der Waals surface area contributed by atoms with Crippen LogP contribution in [0.25, 0.3) is 0 Å². The SMILES string of the molecule is C=CCOC(=O)CCCCCCCCCCC(O)CCCCCC.CCCCCCC(CCCCCCCCCCC(=O)O)OC1CCCCO1.CCCCCCC(O)CCCCCCCCCCC(=O)O.CP=S. The quantitative estimate of drug-likeness (QED) is 0.0199. The second-order valence-electron chi connectivity index (χ2n) is 21.5. The summed E-state index contributed by atoms with van der Waals surface area (Å²) in [6.45, 7) is 13.3. The van der Waals surface area contributed by atoms with E-state index in [1.54, 1.807) is 6.08 Å². The van der Waals surface area contributed by atoms with Crippen LogP contribution in [0.3, 0.4) is 0 Å². The van der Waals surface area contributed by atoms with E-state index in [2.05, 4.69) is 39.2 Å². The van der Waals surface area contributed by atoms with Gasteiger partial charge in [0.1, 0.15) is 6.61 Å². The fourth-order valence-electron chi connectivity index (χ4n) is 9.37. The summed E-state index contributed by atoms with van der Waals surface area (Å²) in [6.07, 6.45) is 55.9. The molecular weight excluding hydrogens is 980 g/mol. The van der Waals surface area contributed by atoms with E-state index < -0.39 is 11.9 Å². The molecule has 75 heavy (non-hydrogen) atoms. The van der Waals surface area contributed by atoms with E-state index in [1.807, 2.05) is 6.66 Å². The third-order valence-corrected chi connectivity index (χ3v) is 14.0. The van der Waals surface area contributed by atoms with Crippen molar-refractivity contribution in [2.75, 3.05) is 19.9 Å². The molecule has 1 saturated heterocycles. The third-order valence-electron chi connectivity index (χ3n) is 14.0. The van der Waals surface area contributed by atoms with Crippen molar-refractivity contribution < 1.29 is 49.0 Å². The Morgan fingerprint density at radius 2 is 0.827 bits per heavy atom. The zero-order valence-corrected chi connectivity index (χ0v) is 51.3. The monoisotopic (exact) mass is 1100 g/mol. The number of ether oxygens (including phenoxy) is 3. The highest BCUT2D eigenvalue weighted by Gasteiger charge is 2.19. The Labute approximate surface area is 470 Å². The van der Waals surface area contributed by atoms with Crippen molar-refractivity contribution in [3.05, 3.63) is 12.7 Å². The maximum absolute atomic E-state index is 11.3. The number of aliphatic hydroxyl groups excluding tert-OH is 2. The van der Waals surface area contributed by atoms with Gasteiger partial charge >= 0.3 is 17.9 Å². The molecule has 0 radical (unpaired) electrons. The lowest BCUT2D eigenvalue weighted by molar-refractivity contribution is -0.190. The number of rotatable bonds is 52. The normalized spacial score (nSPS) is 14.3. The molecule has 10 nitrogen and oxygen atoms in total. The number of unbranched alkanes of at least 4 members (excludes halogenated alkanes) is 30. The second kappa shape index (κ2) is 66.8. The first-order chi connectivity index (χ1) is 36.5. The summed E-state index contributed by atoms with van der Waals surface area (Å²) in [4.78, 5) is 32.1. The van der Waals surface area contributed by atoms with E-state index >= 15 is 0 Å². The van der Waals surface area contributed by atoms with Gasteiger partial charge in [-0.1, -0.05) is 257 Å². The average molecular weight is 1100 g/mol. The summed E-state index contributed by atoms with van der Waals surface area (Å²) < 4.78 is 17.0. The molecule has 0 aromatic heterocycles. The topological polar surface area (TPSA) is 160 Å². The van der Waals surface area contributed by atoms with Crippen molar-refractivity contribution in [3.63, 3.8) is 0 Å². The summed E-state index contributed by atoms with van der Waals surface area (Å²) in [7, 11) is 1.00. The molecule has 4 atom stereocenters. The van der Waals surface area contributed by atoms with E-state index in [4.69, 9.17) is 24.4 Å². The summed E-state index contributed by atoms with van der Waals surface area (Å²) in [5.41, 5.74) is 0. The molecule has 0 saturated carbocycles. The Bertz CT molecular complexity index is 1190. The number of hydrogen-bond acceptors (Lipinski definition) is 9. The van der Waals surface area contributed by atoms with E-state index in [0.29, 0.717) is 32.0 Å². The van der Waals surface area contributed by atoms with Crippen molar-refractivity contribution in [2.45, 2.75) is 354 Å². The van der Waals surface area contributed by atoms with Gasteiger partial charge in [0.25, 0.3) is 0 Å². The van der Waals surface area contributed by atoms with Gasteiger partial charge in [-0.25, -0.2) is 0 Å². The molecule has 1 aliphatic rings. The van der Waals surface area contributed by atoms with Gasteiger partial charge in [0.15, 0.2) is 6.29 Å². The summed E-state index contributed by atoms with van der Waals surface area (Å²) in [5, 5.41) is 36.9. The Morgan fingerprint density at radius 3 is 1.13 bits per heavy atom. The standard InChI is InChI=1S/C23H44O4.C21H40O3.C18H36O3.CH3PS/c1-2-3-4-11-16-21(27-23-19-14-15-20-26-23)17-12-9-7-5-6-8-10-13-18-22(24)25;1-3-5-6-13-16-20(22)17-14-11-9-7-8-10-12-15-18-21(23)24-19-4-2;1-2-3-4-11-14-17(19)15-12-9-7-5-6-8-10-13-16-18(20)21;1-2-3/h21,23H,2-20H2,1H3,(H,24,25);4,20,22H,2-3,5-19H2,1H3;17,19H,2-16H2,1H3,(H,20,21);1H3. The molecule has 0 amide bonds. The molecule has 4 N–H and O–H groups in total. The fourth-order valence-corrected chi connectivity index (χ4v) is 9.37. The van der Waals surface area contributed by atoms with Crippen molar-refractivity contribution in [1.82, 2.24) is 0 Å². The van der Waals surface area contributed by atoms with Crippen LogP contribution in [0.5, 0.6) is 0 Å². The lowest BCUT2D eigenvalue weighted by Crippen LogP contribution is -2.28. The van der Waals surface area contributed by atoms with Crippen LogP contribution in [0.4, 0.5) is 0 Å². The first-order valence-electron chi connectivity index (χ1n) is 31.6. The highest BCUT2D eigenvalue weighted by Crippen LogP contribution is 2.23. The van der Waals surface area contributed by atoms with Crippen molar-refractivity contribution in [2.24, 2.45) is 0 Å². The number of carbonyl (C=O) groups is 3. The van der Waals surface area contributed by atoms with Crippen LogP contribution in [0, 0.1) is 0 Å². The zero-order chi connectivity index (χ0) is 55.9. The molecule has 1 heterocycles. The minimum Gasteiger partial charge on any atom is -0.481 e. The highest BCUT2D eigenvalue weighted by atomic mass is 32.4. The number of esters is 1. The molecule has 4 unspecified atom stereocenters. The van der Waals surface area contributed by atoms with Gasteiger partial charge < -0.3 is 34.6 Å². The molecule has 0 aliphatic carbocycles. The molecule has 1 rings (SSSR count). The van der Waals surface area contributed by atoms with Crippen molar-refractivity contribution in [3.8, 4) is 0 Å². The number of aliphatic hydroxyl groups is 2. The molecule has 1 aliphatic heterocycles. The largest absolute Gasteiger partial charge is 0.481 e. The molecular formula is C63H123O10PS. The molecule has 0 bridgehead atoms. The number of carbonyl (C=O) groups excluding carboxylic acids is 1. The number of carboxylic acid groups (broad SMARTS) is 2. The molecule has 0 aromatic rings. The predicted molar refractivity (Wildman–Crippen MR) is 322 cm³/mol. The third kappa shape index (κ3) is 70.5. The Kier molecular flexibility index (Phi) is 69.2.